The Balaban J connectivity index is 1.23. The van der Waals surface area contributed by atoms with Gasteiger partial charge in [0.1, 0.15) is 24.7 Å². The van der Waals surface area contributed by atoms with E-state index in [-0.39, 0.29) is 0 Å². The van der Waals surface area contributed by atoms with Crippen molar-refractivity contribution in [2.45, 2.75) is 23.0 Å². The first-order valence-corrected chi connectivity index (χ1v) is 11.9. The van der Waals surface area contributed by atoms with Crippen LogP contribution in [0.3, 0.4) is 0 Å². The molecule has 0 spiro atoms. The molecule has 0 saturated carbocycles. The molecule has 0 aromatic heterocycles. The molecule has 0 aliphatic carbocycles. The van der Waals surface area contributed by atoms with E-state index < -0.39 is 0 Å². The van der Waals surface area contributed by atoms with E-state index in [4.69, 9.17) is 9.47 Å². The van der Waals surface area contributed by atoms with Crippen LogP contribution in [-0.2, 0) is 13.2 Å². The zero-order chi connectivity index (χ0) is 20.4. The summed E-state index contributed by atoms with van der Waals surface area (Å²) in [5, 5.41) is 0. The van der Waals surface area contributed by atoms with Crippen molar-refractivity contribution in [3.8, 4) is 11.5 Å². The van der Waals surface area contributed by atoms with Gasteiger partial charge in [-0.2, -0.15) is 0 Å². The Bertz CT molecular complexity index is 931. The Morgan fingerprint density at radius 1 is 0.433 bits per heavy atom. The van der Waals surface area contributed by atoms with Crippen LogP contribution in [0.25, 0.3) is 0 Å². The zero-order valence-electron chi connectivity index (χ0n) is 16.4. The molecule has 0 radical (unpaired) electrons. The summed E-state index contributed by atoms with van der Waals surface area (Å²) >= 11 is 0. The minimum atomic E-state index is 0.584. The van der Waals surface area contributed by atoms with Crippen LogP contribution in [0.5, 0.6) is 11.5 Å². The van der Waals surface area contributed by atoms with E-state index in [1.54, 1.807) is 21.6 Å². The van der Waals surface area contributed by atoms with E-state index in [9.17, 15) is 0 Å². The highest BCUT2D eigenvalue weighted by Crippen LogP contribution is 2.38. The number of ether oxygens (including phenoxy) is 2. The van der Waals surface area contributed by atoms with Gasteiger partial charge < -0.3 is 9.47 Å². The molecule has 0 saturated heterocycles. The van der Waals surface area contributed by atoms with E-state index in [1.807, 2.05) is 60.7 Å². The monoisotopic (exact) mass is 430 g/mol. The van der Waals surface area contributed by atoms with Gasteiger partial charge >= 0.3 is 0 Å². The average molecular weight is 431 g/mol. The third-order valence-corrected chi connectivity index (χ3v) is 6.80. The van der Waals surface area contributed by atoms with Crippen LogP contribution >= 0.6 is 21.6 Å². The third kappa shape index (κ3) is 6.34. The van der Waals surface area contributed by atoms with Crippen molar-refractivity contribution in [1.82, 2.24) is 0 Å². The SMILES string of the molecule is c1ccc(COc2ccc(SSc3ccc(OCc4ccccc4)cc3)cc2)cc1. The maximum absolute atomic E-state index is 5.85. The predicted molar refractivity (Wildman–Crippen MR) is 126 cm³/mol. The predicted octanol–water partition coefficient (Wildman–Crippen LogP) is 7.64. The summed E-state index contributed by atoms with van der Waals surface area (Å²) in [6.07, 6.45) is 0. The van der Waals surface area contributed by atoms with Gasteiger partial charge in [-0.05, 0) is 59.7 Å². The highest BCUT2D eigenvalue weighted by molar-refractivity contribution is 8.76. The summed E-state index contributed by atoms with van der Waals surface area (Å²) in [6.45, 7) is 1.17. The van der Waals surface area contributed by atoms with Crippen LogP contribution in [0.15, 0.2) is 119 Å². The fourth-order valence-corrected chi connectivity index (χ4v) is 4.69. The van der Waals surface area contributed by atoms with Gasteiger partial charge in [-0.3, -0.25) is 0 Å². The largest absolute Gasteiger partial charge is 0.489 e. The lowest BCUT2D eigenvalue weighted by Gasteiger charge is -2.08. The van der Waals surface area contributed by atoms with Crippen LogP contribution in [0.4, 0.5) is 0 Å². The van der Waals surface area contributed by atoms with Crippen molar-refractivity contribution >= 4 is 21.6 Å². The van der Waals surface area contributed by atoms with Gasteiger partial charge in [0.25, 0.3) is 0 Å². The molecule has 4 heteroatoms. The first-order chi connectivity index (χ1) is 14.8. The quantitative estimate of drug-likeness (QED) is 0.254. The Morgan fingerprint density at radius 2 is 0.800 bits per heavy atom. The molecule has 150 valence electrons. The molecule has 0 aliphatic rings. The molecule has 0 unspecified atom stereocenters. The molecule has 0 heterocycles. The van der Waals surface area contributed by atoms with Crippen LogP contribution in [0.1, 0.15) is 11.1 Å². The lowest BCUT2D eigenvalue weighted by Crippen LogP contribution is -1.94. The molecule has 2 nitrogen and oxygen atoms in total. The standard InChI is InChI=1S/C26H22O2S2/c1-3-7-21(8-4-1)19-27-23-11-15-25(16-12-23)29-30-26-17-13-24(14-18-26)28-20-22-9-5-2-6-10-22/h1-18H,19-20H2. The normalized spacial score (nSPS) is 10.5. The molecule has 0 fully saturated rings. The highest BCUT2D eigenvalue weighted by atomic mass is 33.1. The topological polar surface area (TPSA) is 18.5 Å². The van der Waals surface area contributed by atoms with E-state index >= 15 is 0 Å². The Hall–Kier alpha value is -2.82. The molecule has 0 N–H and O–H groups in total. The van der Waals surface area contributed by atoms with Gasteiger partial charge in [0.05, 0.1) is 0 Å². The third-order valence-electron chi connectivity index (χ3n) is 4.38. The molecular formula is C26H22O2S2. The first kappa shape index (κ1) is 20.5. The minimum absolute atomic E-state index is 0.584. The lowest BCUT2D eigenvalue weighted by molar-refractivity contribution is 0.306. The van der Waals surface area contributed by atoms with Gasteiger partial charge in [-0.15, -0.1) is 0 Å². The molecule has 0 aliphatic heterocycles. The number of hydrogen-bond donors (Lipinski definition) is 0. The maximum Gasteiger partial charge on any atom is 0.119 e. The van der Waals surface area contributed by atoms with Crippen molar-refractivity contribution in [1.29, 1.82) is 0 Å². The molecule has 0 bridgehead atoms. The average Bonchev–Trinajstić information content (AvgIpc) is 2.83. The molecule has 30 heavy (non-hydrogen) atoms. The zero-order valence-corrected chi connectivity index (χ0v) is 18.1. The lowest BCUT2D eigenvalue weighted by atomic mass is 10.2. The molecule has 4 aromatic carbocycles. The van der Waals surface area contributed by atoms with Crippen molar-refractivity contribution < 1.29 is 9.47 Å². The van der Waals surface area contributed by atoms with Crippen LogP contribution in [0.2, 0.25) is 0 Å². The molecule has 0 amide bonds. The number of benzene rings is 4. The summed E-state index contributed by atoms with van der Waals surface area (Å²) in [5.74, 6) is 1.77. The summed E-state index contributed by atoms with van der Waals surface area (Å²) in [7, 11) is 3.47. The molecular weight excluding hydrogens is 408 g/mol. The van der Waals surface area contributed by atoms with Crippen molar-refractivity contribution in [3.05, 3.63) is 120 Å². The van der Waals surface area contributed by atoms with Crippen molar-refractivity contribution in [2.24, 2.45) is 0 Å². The first-order valence-electron chi connectivity index (χ1n) is 9.73. The number of hydrogen-bond acceptors (Lipinski definition) is 4. The second kappa shape index (κ2) is 10.8. The second-order valence-corrected chi connectivity index (χ2v) is 8.93. The van der Waals surface area contributed by atoms with E-state index in [0.29, 0.717) is 13.2 Å². The molecule has 4 aromatic rings. The van der Waals surface area contributed by atoms with Gasteiger partial charge in [-0.1, -0.05) is 82.3 Å². The highest BCUT2D eigenvalue weighted by Gasteiger charge is 2.01. The Kier molecular flexibility index (Phi) is 7.37. The van der Waals surface area contributed by atoms with Gasteiger partial charge in [0.2, 0.25) is 0 Å². The molecule has 4 rings (SSSR count). The van der Waals surface area contributed by atoms with E-state index in [2.05, 4.69) is 48.5 Å². The maximum atomic E-state index is 5.85. The van der Waals surface area contributed by atoms with Crippen molar-refractivity contribution in [2.75, 3.05) is 0 Å². The van der Waals surface area contributed by atoms with E-state index in [0.717, 1.165) is 11.5 Å². The van der Waals surface area contributed by atoms with Gasteiger partial charge in [0.15, 0.2) is 0 Å². The summed E-state index contributed by atoms with van der Waals surface area (Å²) in [5.41, 5.74) is 2.34. The molecule has 0 atom stereocenters. The summed E-state index contributed by atoms with van der Waals surface area (Å²) in [4.78, 5) is 2.38. The van der Waals surface area contributed by atoms with Crippen LogP contribution in [-0.4, -0.2) is 0 Å². The Morgan fingerprint density at radius 3 is 1.17 bits per heavy atom. The van der Waals surface area contributed by atoms with Crippen LogP contribution in [0, 0.1) is 0 Å². The number of rotatable bonds is 9. The van der Waals surface area contributed by atoms with Gasteiger partial charge in [0, 0.05) is 9.79 Å². The fourth-order valence-electron chi connectivity index (χ4n) is 2.76. The second-order valence-electron chi connectivity index (χ2n) is 6.66. The van der Waals surface area contributed by atoms with Crippen LogP contribution < -0.4 is 9.47 Å². The fraction of sp³-hybridized carbons (Fsp3) is 0.0769. The smallest absolute Gasteiger partial charge is 0.119 e. The van der Waals surface area contributed by atoms with E-state index in [1.165, 1.54) is 20.9 Å². The summed E-state index contributed by atoms with van der Waals surface area (Å²) < 4.78 is 11.7. The summed E-state index contributed by atoms with van der Waals surface area (Å²) in [6, 6.07) is 36.9. The Labute approximate surface area is 185 Å². The van der Waals surface area contributed by atoms with Gasteiger partial charge in [-0.25, -0.2) is 0 Å². The minimum Gasteiger partial charge on any atom is -0.489 e. The van der Waals surface area contributed by atoms with Crippen molar-refractivity contribution in [3.63, 3.8) is 0 Å².